The molecule has 0 spiro atoms. The first-order valence-electron chi connectivity index (χ1n) is 14.0. The number of alkyl halides is 6. The summed E-state index contributed by atoms with van der Waals surface area (Å²) in [4.78, 5) is 44.8. The molecule has 2 aliphatic rings. The highest BCUT2D eigenvalue weighted by Gasteiger charge is 2.81. The lowest BCUT2D eigenvalue weighted by molar-refractivity contribution is -0.308. The predicted molar refractivity (Wildman–Crippen MR) is 167 cm³/mol. The van der Waals surface area contributed by atoms with Crippen molar-refractivity contribution in [3.05, 3.63) is 74.0 Å². The number of allylic oxidation sites excluding steroid dienone is 2. The molecule has 49 heavy (non-hydrogen) atoms. The summed E-state index contributed by atoms with van der Waals surface area (Å²) in [7, 11) is 0. The van der Waals surface area contributed by atoms with Crippen LogP contribution in [0.3, 0.4) is 0 Å². The molecule has 4 rings (SSSR count). The average Bonchev–Trinajstić information content (AvgIpc) is 3.33. The van der Waals surface area contributed by atoms with Gasteiger partial charge >= 0.3 is 12.4 Å². The van der Waals surface area contributed by atoms with Crippen LogP contribution in [0, 0.1) is 12.3 Å². The molecule has 19 heteroatoms. The Hall–Kier alpha value is -3.83. The van der Waals surface area contributed by atoms with E-state index in [1.807, 2.05) is 5.32 Å². The van der Waals surface area contributed by atoms with E-state index >= 15 is 0 Å². The van der Waals surface area contributed by atoms with E-state index in [0.717, 1.165) is 11.6 Å². The lowest BCUT2D eigenvalue weighted by atomic mass is 9.74. The number of benzene rings is 2. The number of halogens is 9. The van der Waals surface area contributed by atoms with Gasteiger partial charge in [-0.1, -0.05) is 40.9 Å². The van der Waals surface area contributed by atoms with Gasteiger partial charge in [0.2, 0.25) is 5.78 Å². The number of carbonyl (C=O) groups is 3. The van der Waals surface area contributed by atoms with Gasteiger partial charge in [0, 0.05) is 13.1 Å². The summed E-state index contributed by atoms with van der Waals surface area (Å²) in [5.74, 6) is -5.76. The van der Waals surface area contributed by atoms with Crippen molar-refractivity contribution in [2.75, 3.05) is 31.2 Å². The van der Waals surface area contributed by atoms with Crippen molar-refractivity contribution < 1.29 is 55.7 Å². The predicted octanol–water partition coefficient (Wildman–Crippen LogP) is 5.36. The SMILES string of the molecule is Cc1ccc(OC(C)C(=O)NC2=CC(=Nc3cc(Cl)c(N(CCO)CCO)cc3Cl)C3=C(C2=O)C(C(F)(F)F)(C(F)(F)F)C(=O)N3)c(Cl)c1. The molecule has 0 bridgehead atoms. The van der Waals surface area contributed by atoms with Crippen molar-refractivity contribution >= 4 is 69.5 Å². The van der Waals surface area contributed by atoms with Crippen LogP contribution in [0.5, 0.6) is 5.75 Å². The second kappa shape index (κ2) is 14.2. The molecule has 0 saturated heterocycles. The highest BCUT2D eigenvalue weighted by Crippen LogP contribution is 2.59. The number of rotatable bonds is 10. The number of amides is 2. The van der Waals surface area contributed by atoms with E-state index in [1.165, 1.54) is 35.3 Å². The maximum Gasteiger partial charge on any atom is 0.416 e. The van der Waals surface area contributed by atoms with Gasteiger partial charge in [0.05, 0.1) is 62.3 Å². The first-order valence-corrected chi connectivity index (χ1v) is 15.2. The molecule has 10 nitrogen and oxygen atoms in total. The minimum Gasteiger partial charge on any atom is -0.479 e. The lowest BCUT2D eigenvalue weighted by Crippen LogP contribution is -2.58. The Morgan fingerprint density at radius 3 is 2.16 bits per heavy atom. The Morgan fingerprint density at radius 1 is 1.00 bits per heavy atom. The van der Waals surface area contributed by atoms with E-state index in [9.17, 15) is 50.9 Å². The summed E-state index contributed by atoms with van der Waals surface area (Å²) in [5, 5.41) is 21.9. The van der Waals surface area contributed by atoms with E-state index in [0.29, 0.717) is 6.08 Å². The van der Waals surface area contributed by atoms with Crippen LogP contribution in [0.1, 0.15) is 12.5 Å². The molecule has 1 aliphatic carbocycles. The molecule has 4 N–H and O–H groups in total. The number of ether oxygens (including phenoxy) is 1. The number of hydrogen-bond donors (Lipinski definition) is 4. The maximum atomic E-state index is 14.4. The van der Waals surface area contributed by atoms with Crippen molar-refractivity contribution in [1.29, 1.82) is 0 Å². The number of aryl methyl sites for hydroxylation is 1. The van der Waals surface area contributed by atoms with Crippen LogP contribution < -0.4 is 20.3 Å². The van der Waals surface area contributed by atoms with Crippen LogP contribution in [0.4, 0.5) is 37.7 Å². The molecule has 2 amide bonds. The van der Waals surface area contributed by atoms with Gasteiger partial charge in [-0.2, -0.15) is 26.3 Å². The number of aliphatic hydroxyl groups excluding tert-OH is 2. The first kappa shape index (κ1) is 38.0. The number of aliphatic imine (C=N–C) groups is 1. The van der Waals surface area contributed by atoms with Crippen LogP contribution in [-0.4, -0.2) is 78.3 Å². The van der Waals surface area contributed by atoms with Crippen LogP contribution >= 0.6 is 34.8 Å². The fraction of sp³-hybridized carbons (Fsp3) is 0.333. The molecule has 0 aromatic heterocycles. The van der Waals surface area contributed by atoms with Crippen molar-refractivity contribution in [3.63, 3.8) is 0 Å². The fourth-order valence-electron chi connectivity index (χ4n) is 5.10. The molecular weight excluding hydrogens is 733 g/mol. The summed E-state index contributed by atoms with van der Waals surface area (Å²) < 4.78 is 92.0. The van der Waals surface area contributed by atoms with Gasteiger partial charge < -0.3 is 30.5 Å². The van der Waals surface area contributed by atoms with E-state index in [-0.39, 0.29) is 58.5 Å². The second-order valence-corrected chi connectivity index (χ2v) is 11.9. The average molecular weight is 758 g/mol. The van der Waals surface area contributed by atoms with Crippen molar-refractivity contribution in [3.8, 4) is 5.75 Å². The normalized spacial score (nSPS) is 17.5. The molecule has 0 saturated carbocycles. The molecular formula is C30H25Cl3F6N4O6. The zero-order valence-electron chi connectivity index (χ0n) is 25.2. The monoisotopic (exact) mass is 756 g/mol. The first-order chi connectivity index (χ1) is 22.8. The second-order valence-electron chi connectivity index (χ2n) is 10.7. The van der Waals surface area contributed by atoms with Crippen LogP contribution in [-0.2, 0) is 14.4 Å². The molecule has 2 aromatic rings. The van der Waals surface area contributed by atoms with Crippen LogP contribution in [0.25, 0.3) is 0 Å². The quantitative estimate of drug-likeness (QED) is 0.189. The van der Waals surface area contributed by atoms with E-state index < -0.39 is 64.1 Å². The third-order valence-electron chi connectivity index (χ3n) is 7.42. The van der Waals surface area contributed by atoms with E-state index in [2.05, 4.69) is 4.99 Å². The van der Waals surface area contributed by atoms with Crippen LogP contribution in [0.2, 0.25) is 15.1 Å². The maximum absolute atomic E-state index is 14.4. The standard InChI is InChI=1S/C30H25Cl3F6N4O6/c1-13-3-4-22(17(33)9-13)49-14(2)26(47)41-20-12-19(40-18-10-16(32)21(11-15(18)31)43(5-7-44)6-8-45)24-23(25(20)46)28(27(48)42-24,29(34,35)36)30(37,38)39/h3-4,9-12,14,44-45H,5-8H2,1-2H3,(H,41,47)(H,42,48). The molecule has 1 heterocycles. The summed E-state index contributed by atoms with van der Waals surface area (Å²) in [6.45, 7) is 2.17. The summed E-state index contributed by atoms with van der Waals surface area (Å²) in [5.41, 5.74) is -9.96. The summed E-state index contributed by atoms with van der Waals surface area (Å²) in [6.07, 6.45) is -13.6. The highest BCUT2D eigenvalue weighted by atomic mass is 35.5. The summed E-state index contributed by atoms with van der Waals surface area (Å²) in [6, 6.07) is 6.80. The van der Waals surface area contributed by atoms with E-state index in [1.54, 1.807) is 13.0 Å². The Kier molecular flexibility index (Phi) is 11.0. The van der Waals surface area contributed by atoms with E-state index in [4.69, 9.17) is 39.5 Å². The van der Waals surface area contributed by atoms with Gasteiger partial charge in [0.15, 0.2) is 6.10 Å². The minimum atomic E-state index is -6.39. The molecule has 0 radical (unpaired) electrons. The zero-order valence-corrected chi connectivity index (χ0v) is 27.5. The van der Waals surface area contributed by atoms with Crippen molar-refractivity contribution in [1.82, 2.24) is 10.6 Å². The van der Waals surface area contributed by atoms with Gasteiger partial charge in [0.25, 0.3) is 17.2 Å². The van der Waals surface area contributed by atoms with Gasteiger partial charge in [-0.3, -0.25) is 14.4 Å². The number of ketones is 1. The molecule has 0 fully saturated rings. The topological polar surface area (TPSA) is 141 Å². The fourth-order valence-corrected chi connectivity index (χ4v) is 5.85. The third kappa shape index (κ3) is 7.10. The highest BCUT2D eigenvalue weighted by molar-refractivity contribution is 6.37. The summed E-state index contributed by atoms with van der Waals surface area (Å²) >= 11 is 18.8. The number of carbonyl (C=O) groups excluding carboxylic acids is 3. The number of Topliss-reactive ketones (excluding diaryl/α,β-unsaturated/α-hetero) is 1. The Bertz CT molecular complexity index is 1770. The van der Waals surface area contributed by atoms with Crippen LogP contribution in [0.15, 0.2) is 58.4 Å². The molecule has 1 aliphatic heterocycles. The number of nitrogens with zero attached hydrogens (tertiary/aromatic N) is 2. The van der Waals surface area contributed by atoms with Crippen molar-refractivity contribution in [2.45, 2.75) is 32.3 Å². The lowest BCUT2D eigenvalue weighted by Gasteiger charge is -2.33. The largest absolute Gasteiger partial charge is 0.479 e. The minimum absolute atomic E-state index is 0.00409. The van der Waals surface area contributed by atoms with Gasteiger partial charge in [-0.05, 0) is 49.8 Å². The smallest absolute Gasteiger partial charge is 0.416 e. The number of nitrogens with one attached hydrogen (secondary N) is 2. The molecule has 1 atom stereocenters. The van der Waals surface area contributed by atoms with Gasteiger partial charge in [-0.25, -0.2) is 4.99 Å². The van der Waals surface area contributed by atoms with Crippen molar-refractivity contribution in [2.24, 2.45) is 10.4 Å². The zero-order chi connectivity index (χ0) is 36.6. The Balaban J connectivity index is 1.86. The molecule has 264 valence electrons. The van der Waals surface area contributed by atoms with Gasteiger partial charge in [0.1, 0.15) is 5.75 Å². The number of aliphatic hydroxyl groups is 2. The third-order valence-corrected chi connectivity index (χ3v) is 8.32. The molecule has 1 unspecified atom stereocenters. The number of hydrogen-bond acceptors (Lipinski definition) is 8. The molecule has 2 aromatic carbocycles. The number of anilines is 1. The Morgan fingerprint density at radius 2 is 1.61 bits per heavy atom. The van der Waals surface area contributed by atoms with Gasteiger partial charge in [-0.15, -0.1) is 0 Å². The Labute approximate surface area is 289 Å².